The van der Waals surface area contributed by atoms with E-state index in [0.29, 0.717) is 39.1 Å². The number of hydrogen-bond donors (Lipinski definition) is 2. The normalized spacial score (nSPS) is 12.1. The van der Waals surface area contributed by atoms with Crippen molar-refractivity contribution in [3.63, 3.8) is 0 Å². The number of unbranched alkanes of at least 4 members (excludes halogenated alkanes) is 2. The van der Waals surface area contributed by atoms with Crippen LogP contribution in [0.25, 0.3) is 0 Å². The van der Waals surface area contributed by atoms with E-state index >= 15 is 0 Å². The summed E-state index contributed by atoms with van der Waals surface area (Å²) in [5.41, 5.74) is 0. The summed E-state index contributed by atoms with van der Waals surface area (Å²) in [5, 5.41) is 17.3. The van der Waals surface area contributed by atoms with Gasteiger partial charge in [0.1, 0.15) is 19.4 Å². The molecule has 0 amide bonds. The number of esters is 1. The standard InChI is InChI=1S/C22H41N3O11/c1-3-4-5-6-20(22(29)32-2)21(28)15-24(8-7-23(11-13-35-30)12-14-36-31)9-10-25(16-33-18-26)17-34-19-27/h18-20,30-31H,3-17H2,1-2H3. The van der Waals surface area contributed by atoms with Crippen molar-refractivity contribution in [1.82, 2.24) is 14.7 Å². The Bertz CT molecular complexity index is 578. The number of ether oxygens (including phenoxy) is 3. The zero-order chi connectivity index (χ0) is 27.0. The highest BCUT2D eigenvalue weighted by molar-refractivity contribution is 5.99. The predicted octanol–water partition coefficient (Wildman–Crippen LogP) is 0.0712. The predicted molar refractivity (Wildman–Crippen MR) is 125 cm³/mol. The zero-order valence-corrected chi connectivity index (χ0v) is 21.2. The Hall–Kier alpha value is -2.20. The third-order valence-electron chi connectivity index (χ3n) is 5.46. The SMILES string of the molecule is CCCCCC(C(=O)CN(CCN(CCOO)CCOO)CCN(COC=O)COC=O)C(=O)OC. The van der Waals surface area contributed by atoms with Gasteiger partial charge in [-0.2, -0.15) is 0 Å². The van der Waals surface area contributed by atoms with Gasteiger partial charge in [-0.25, -0.2) is 14.7 Å². The Morgan fingerprint density at radius 3 is 1.81 bits per heavy atom. The molecule has 0 saturated heterocycles. The summed E-state index contributed by atoms with van der Waals surface area (Å²) >= 11 is 0. The molecule has 0 aliphatic heterocycles. The van der Waals surface area contributed by atoms with Gasteiger partial charge in [0.25, 0.3) is 12.9 Å². The van der Waals surface area contributed by atoms with Gasteiger partial charge in [0.2, 0.25) is 0 Å². The van der Waals surface area contributed by atoms with E-state index in [-0.39, 0.29) is 58.5 Å². The van der Waals surface area contributed by atoms with E-state index < -0.39 is 11.9 Å². The minimum atomic E-state index is -0.876. The summed E-state index contributed by atoms with van der Waals surface area (Å²) in [5.74, 6) is -1.72. The van der Waals surface area contributed by atoms with Crippen molar-refractivity contribution in [2.45, 2.75) is 32.6 Å². The molecule has 1 atom stereocenters. The van der Waals surface area contributed by atoms with Gasteiger partial charge in [-0.1, -0.05) is 26.2 Å². The van der Waals surface area contributed by atoms with E-state index in [1.54, 1.807) is 4.90 Å². The molecule has 2 N–H and O–H groups in total. The molecule has 0 aromatic carbocycles. The van der Waals surface area contributed by atoms with E-state index in [9.17, 15) is 19.2 Å². The summed E-state index contributed by atoms with van der Waals surface area (Å²) < 4.78 is 14.4. The first-order valence-electron chi connectivity index (χ1n) is 11.9. The van der Waals surface area contributed by atoms with Crippen LogP contribution in [0.5, 0.6) is 0 Å². The zero-order valence-electron chi connectivity index (χ0n) is 21.2. The molecule has 0 aliphatic rings. The van der Waals surface area contributed by atoms with Gasteiger partial charge >= 0.3 is 5.97 Å². The Kier molecular flexibility index (Phi) is 21.8. The second-order valence-corrected chi connectivity index (χ2v) is 8.00. The van der Waals surface area contributed by atoms with Crippen molar-refractivity contribution in [3.8, 4) is 0 Å². The van der Waals surface area contributed by atoms with Gasteiger partial charge in [0.05, 0.1) is 26.9 Å². The first kappa shape index (κ1) is 33.8. The monoisotopic (exact) mass is 523 g/mol. The van der Waals surface area contributed by atoms with Gasteiger partial charge in [-0.05, 0) is 6.42 Å². The molecule has 36 heavy (non-hydrogen) atoms. The largest absolute Gasteiger partial charge is 0.468 e. The lowest BCUT2D eigenvalue weighted by molar-refractivity contribution is -0.251. The van der Waals surface area contributed by atoms with Crippen LogP contribution < -0.4 is 0 Å². The maximum absolute atomic E-state index is 13.1. The second-order valence-electron chi connectivity index (χ2n) is 8.00. The fourth-order valence-electron chi connectivity index (χ4n) is 3.43. The second kappa shape index (κ2) is 23.2. The highest BCUT2D eigenvalue weighted by atomic mass is 17.1. The average molecular weight is 524 g/mol. The molecule has 14 heteroatoms. The van der Waals surface area contributed by atoms with E-state index in [1.807, 2.05) is 16.7 Å². The van der Waals surface area contributed by atoms with Gasteiger partial charge < -0.3 is 14.2 Å². The van der Waals surface area contributed by atoms with Crippen LogP contribution in [0.15, 0.2) is 0 Å². The van der Waals surface area contributed by atoms with Crippen molar-refractivity contribution in [2.75, 3.05) is 79.6 Å². The van der Waals surface area contributed by atoms with Crippen molar-refractivity contribution in [3.05, 3.63) is 0 Å². The average Bonchev–Trinajstić information content (AvgIpc) is 2.89. The fourth-order valence-corrected chi connectivity index (χ4v) is 3.43. The summed E-state index contributed by atoms with van der Waals surface area (Å²) in [4.78, 5) is 60.0. The molecule has 0 aliphatic carbocycles. The molecule has 0 radical (unpaired) electrons. The van der Waals surface area contributed by atoms with Crippen LogP contribution in [-0.2, 0) is 43.2 Å². The number of Topliss-reactive ketones (excluding diaryl/α,β-unsaturated/α-hetero) is 1. The van der Waals surface area contributed by atoms with Crippen LogP contribution in [0, 0.1) is 5.92 Å². The molecule has 0 rings (SSSR count). The van der Waals surface area contributed by atoms with Crippen LogP contribution in [0.1, 0.15) is 32.6 Å². The van der Waals surface area contributed by atoms with Gasteiger partial charge in [-0.3, -0.25) is 39.5 Å². The number of carbonyl (C=O) groups is 4. The summed E-state index contributed by atoms with van der Waals surface area (Å²) in [6.45, 7) is 4.47. The molecule has 0 aromatic rings. The molecule has 0 spiro atoms. The van der Waals surface area contributed by atoms with Crippen molar-refractivity contribution in [1.29, 1.82) is 0 Å². The molecule has 0 saturated carbocycles. The Balaban J connectivity index is 5.40. The highest BCUT2D eigenvalue weighted by Crippen LogP contribution is 2.14. The lowest BCUT2D eigenvalue weighted by Crippen LogP contribution is -2.45. The van der Waals surface area contributed by atoms with Crippen molar-refractivity contribution in [2.24, 2.45) is 5.92 Å². The number of ketones is 1. The molecular formula is C22H41N3O11. The van der Waals surface area contributed by atoms with E-state index in [0.717, 1.165) is 19.3 Å². The summed E-state index contributed by atoms with van der Waals surface area (Å²) in [6, 6.07) is 0. The third kappa shape index (κ3) is 16.5. The number of methoxy groups -OCH3 is 1. The fraction of sp³-hybridized carbons (Fsp3) is 0.818. The first-order valence-corrected chi connectivity index (χ1v) is 11.9. The van der Waals surface area contributed by atoms with Crippen LogP contribution in [-0.4, -0.2) is 130 Å². The minimum Gasteiger partial charge on any atom is -0.468 e. The molecule has 0 bridgehead atoms. The lowest BCUT2D eigenvalue weighted by Gasteiger charge is -2.29. The number of carbonyl (C=O) groups excluding carboxylic acids is 4. The number of rotatable bonds is 26. The maximum Gasteiger partial charge on any atom is 0.316 e. The van der Waals surface area contributed by atoms with Gasteiger partial charge in [0, 0.05) is 39.3 Å². The molecule has 210 valence electrons. The molecule has 0 heterocycles. The number of nitrogens with zero attached hydrogens (tertiary/aromatic N) is 3. The molecule has 0 fully saturated rings. The van der Waals surface area contributed by atoms with Crippen LogP contribution in [0.2, 0.25) is 0 Å². The maximum atomic E-state index is 13.1. The van der Waals surface area contributed by atoms with E-state index in [2.05, 4.69) is 9.78 Å². The van der Waals surface area contributed by atoms with Gasteiger partial charge in [-0.15, -0.1) is 0 Å². The number of hydrogen-bond acceptors (Lipinski definition) is 14. The highest BCUT2D eigenvalue weighted by Gasteiger charge is 2.28. The third-order valence-corrected chi connectivity index (χ3v) is 5.46. The molecule has 1 unspecified atom stereocenters. The Labute approximate surface area is 211 Å². The van der Waals surface area contributed by atoms with Gasteiger partial charge in [0.15, 0.2) is 5.78 Å². The topological polar surface area (TPSA) is 165 Å². The summed E-state index contributed by atoms with van der Waals surface area (Å²) in [6.07, 6.45) is 2.95. The van der Waals surface area contributed by atoms with E-state index in [1.165, 1.54) is 7.11 Å². The van der Waals surface area contributed by atoms with Crippen LogP contribution in [0.3, 0.4) is 0 Å². The minimum absolute atomic E-state index is 0.0338. The quantitative estimate of drug-likeness (QED) is 0.0229. The van der Waals surface area contributed by atoms with Crippen molar-refractivity contribution < 1.29 is 53.7 Å². The van der Waals surface area contributed by atoms with E-state index in [4.69, 9.17) is 24.7 Å². The Morgan fingerprint density at radius 1 is 0.806 bits per heavy atom. The van der Waals surface area contributed by atoms with Crippen LogP contribution in [0.4, 0.5) is 0 Å². The Morgan fingerprint density at radius 2 is 1.33 bits per heavy atom. The first-order chi connectivity index (χ1) is 17.5. The smallest absolute Gasteiger partial charge is 0.316 e. The molecule has 0 aromatic heterocycles. The summed E-state index contributed by atoms with van der Waals surface area (Å²) in [7, 11) is 1.25. The van der Waals surface area contributed by atoms with Crippen LogP contribution >= 0.6 is 0 Å². The molecule has 14 nitrogen and oxygen atoms in total. The lowest BCUT2D eigenvalue weighted by atomic mass is 9.96. The molecular weight excluding hydrogens is 482 g/mol. The van der Waals surface area contributed by atoms with Crippen molar-refractivity contribution >= 4 is 24.7 Å².